The van der Waals surface area contributed by atoms with Gasteiger partial charge in [0.05, 0.1) is 18.5 Å². The maximum absolute atomic E-state index is 13.4. The smallest absolute Gasteiger partial charge is 0.237 e. The number of aromatic nitrogens is 2. The molecule has 35 heavy (non-hydrogen) atoms. The third kappa shape index (κ3) is 5.28. The first-order valence-corrected chi connectivity index (χ1v) is 12.4. The summed E-state index contributed by atoms with van der Waals surface area (Å²) in [7, 11) is 0. The van der Waals surface area contributed by atoms with Gasteiger partial charge in [0, 0.05) is 40.8 Å². The molecule has 1 aliphatic rings. The zero-order chi connectivity index (χ0) is 24.2. The van der Waals surface area contributed by atoms with Crippen molar-refractivity contribution in [2.45, 2.75) is 17.2 Å². The number of rotatable bonds is 6. The van der Waals surface area contributed by atoms with Crippen LogP contribution < -0.4 is 10.2 Å². The van der Waals surface area contributed by atoms with Crippen LogP contribution in [0.25, 0.3) is 22.0 Å². The third-order valence-electron chi connectivity index (χ3n) is 5.94. The van der Waals surface area contributed by atoms with Crippen molar-refractivity contribution >= 4 is 39.8 Å². The first-order valence-electron chi connectivity index (χ1n) is 11.5. The number of carbonyl (C=O) groups excluding carboxylic acids is 1. The molecule has 5 rings (SSSR count). The van der Waals surface area contributed by atoms with Crippen molar-refractivity contribution in [2.75, 3.05) is 36.5 Å². The van der Waals surface area contributed by atoms with Crippen LogP contribution in [-0.2, 0) is 9.53 Å². The second-order valence-corrected chi connectivity index (χ2v) is 9.63. The number of nitrogens with one attached hydrogen (secondary N) is 1. The van der Waals surface area contributed by atoms with Crippen molar-refractivity contribution in [2.24, 2.45) is 0 Å². The first kappa shape index (κ1) is 23.3. The van der Waals surface area contributed by atoms with Crippen molar-refractivity contribution < 1.29 is 13.9 Å². The molecule has 0 aliphatic carbocycles. The number of hydrogen-bond donors (Lipinski definition) is 1. The van der Waals surface area contributed by atoms with Crippen molar-refractivity contribution in [3.05, 3.63) is 78.6 Å². The molecule has 6 nitrogen and oxygen atoms in total. The number of carbonyl (C=O) groups is 1. The molecular weight excluding hydrogens is 463 g/mol. The molecular formula is C27H25FN4O2S. The molecule has 1 aromatic heterocycles. The molecule has 0 saturated carbocycles. The standard InChI is InChI=1S/C27H25FN4O2S/c1-18(26(33)29-21-10-12-22(13-11-21)32-14-16-34-17-15-32)35-27-24-5-3-2-4-23(24)25(30-31-27)19-6-8-20(28)9-7-19/h2-13,18H,14-17H2,1H3,(H,29,33)/t18-/m0/s1. The number of thioether (sulfide) groups is 1. The Morgan fingerprint density at radius 3 is 2.37 bits per heavy atom. The van der Waals surface area contributed by atoms with Crippen molar-refractivity contribution in [1.82, 2.24) is 10.2 Å². The number of morpholine rings is 1. The predicted octanol–water partition coefficient (Wildman–Crippen LogP) is 5.39. The van der Waals surface area contributed by atoms with E-state index >= 15 is 0 Å². The maximum atomic E-state index is 13.4. The number of nitrogens with zero attached hydrogens (tertiary/aromatic N) is 3. The van der Waals surface area contributed by atoms with Gasteiger partial charge in [0.2, 0.25) is 5.91 Å². The van der Waals surface area contributed by atoms with Gasteiger partial charge in [-0.15, -0.1) is 10.2 Å². The fourth-order valence-corrected chi connectivity index (χ4v) is 4.92. The van der Waals surface area contributed by atoms with Gasteiger partial charge in [-0.1, -0.05) is 36.0 Å². The van der Waals surface area contributed by atoms with Gasteiger partial charge in [-0.05, 0) is 55.5 Å². The highest BCUT2D eigenvalue weighted by Crippen LogP contribution is 2.33. The summed E-state index contributed by atoms with van der Waals surface area (Å²) < 4.78 is 18.8. The number of anilines is 2. The predicted molar refractivity (Wildman–Crippen MR) is 138 cm³/mol. The second kappa shape index (κ2) is 10.4. The van der Waals surface area contributed by atoms with Crippen molar-refractivity contribution in [3.8, 4) is 11.3 Å². The Hall–Kier alpha value is -3.49. The molecule has 178 valence electrons. The molecule has 1 fully saturated rings. The monoisotopic (exact) mass is 488 g/mol. The van der Waals surface area contributed by atoms with E-state index < -0.39 is 0 Å². The highest BCUT2D eigenvalue weighted by Gasteiger charge is 2.19. The Kier molecular flexibility index (Phi) is 6.92. The Bertz CT molecular complexity index is 1330. The Balaban J connectivity index is 1.30. The summed E-state index contributed by atoms with van der Waals surface area (Å²) in [6.07, 6.45) is 0. The number of benzene rings is 3. The van der Waals surface area contributed by atoms with E-state index in [0.29, 0.717) is 10.7 Å². The quantitative estimate of drug-likeness (QED) is 0.367. The topological polar surface area (TPSA) is 67.4 Å². The molecule has 8 heteroatoms. The number of hydrogen-bond acceptors (Lipinski definition) is 6. The average molecular weight is 489 g/mol. The molecule has 1 N–H and O–H groups in total. The van der Waals surface area contributed by atoms with E-state index in [1.807, 2.05) is 55.5 Å². The van der Waals surface area contributed by atoms with E-state index in [4.69, 9.17) is 4.74 Å². The first-order chi connectivity index (χ1) is 17.1. The number of amides is 1. The van der Waals surface area contributed by atoms with E-state index in [2.05, 4.69) is 20.4 Å². The summed E-state index contributed by atoms with van der Waals surface area (Å²) in [5.74, 6) is -0.406. The van der Waals surface area contributed by atoms with Gasteiger partial charge in [-0.3, -0.25) is 4.79 Å². The van der Waals surface area contributed by atoms with Gasteiger partial charge in [-0.25, -0.2) is 4.39 Å². The van der Waals surface area contributed by atoms with Gasteiger partial charge < -0.3 is 15.0 Å². The molecule has 1 aliphatic heterocycles. The fourth-order valence-electron chi connectivity index (χ4n) is 4.03. The Morgan fingerprint density at radius 2 is 1.66 bits per heavy atom. The maximum Gasteiger partial charge on any atom is 0.237 e. The molecule has 4 aromatic rings. The summed E-state index contributed by atoms with van der Waals surface area (Å²) in [5, 5.41) is 13.9. The molecule has 2 heterocycles. The molecule has 3 aromatic carbocycles. The number of ether oxygens (including phenoxy) is 1. The van der Waals surface area contributed by atoms with Crippen molar-refractivity contribution in [1.29, 1.82) is 0 Å². The van der Waals surface area contributed by atoms with E-state index in [0.717, 1.165) is 54.0 Å². The average Bonchev–Trinajstić information content (AvgIpc) is 2.90. The highest BCUT2D eigenvalue weighted by atomic mass is 32.2. The lowest BCUT2D eigenvalue weighted by molar-refractivity contribution is -0.115. The molecule has 0 unspecified atom stereocenters. The van der Waals surface area contributed by atoms with Gasteiger partial charge >= 0.3 is 0 Å². The lowest BCUT2D eigenvalue weighted by Crippen LogP contribution is -2.36. The van der Waals surface area contributed by atoms with Crippen LogP contribution in [0.4, 0.5) is 15.8 Å². The summed E-state index contributed by atoms with van der Waals surface area (Å²) in [5.41, 5.74) is 3.35. The van der Waals surface area contributed by atoms with Crippen LogP contribution in [-0.4, -0.2) is 47.7 Å². The van der Waals surface area contributed by atoms with E-state index in [-0.39, 0.29) is 17.0 Å². The van der Waals surface area contributed by atoms with Crippen LogP contribution in [0.3, 0.4) is 0 Å². The lowest BCUT2D eigenvalue weighted by atomic mass is 10.1. The van der Waals surface area contributed by atoms with E-state index in [9.17, 15) is 9.18 Å². The van der Waals surface area contributed by atoms with Crippen LogP contribution in [0.1, 0.15) is 6.92 Å². The van der Waals surface area contributed by atoms with Gasteiger partial charge in [0.25, 0.3) is 0 Å². The minimum Gasteiger partial charge on any atom is -0.378 e. The molecule has 0 spiro atoms. The Morgan fingerprint density at radius 1 is 0.971 bits per heavy atom. The van der Waals surface area contributed by atoms with Gasteiger partial charge in [-0.2, -0.15) is 0 Å². The molecule has 1 saturated heterocycles. The summed E-state index contributed by atoms with van der Waals surface area (Å²) in [4.78, 5) is 15.2. The summed E-state index contributed by atoms with van der Waals surface area (Å²) in [6.45, 7) is 5.06. The zero-order valence-corrected chi connectivity index (χ0v) is 20.1. The van der Waals surface area contributed by atoms with E-state index in [1.54, 1.807) is 12.1 Å². The van der Waals surface area contributed by atoms with Crippen LogP contribution in [0.5, 0.6) is 0 Å². The highest BCUT2D eigenvalue weighted by molar-refractivity contribution is 8.00. The minimum atomic E-state index is -0.386. The zero-order valence-electron chi connectivity index (χ0n) is 19.3. The summed E-state index contributed by atoms with van der Waals surface area (Å²) >= 11 is 1.36. The SMILES string of the molecule is C[C@H](Sc1nnc(-c2ccc(F)cc2)c2ccccc12)C(=O)Nc1ccc(N2CCOCC2)cc1. The lowest BCUT2D eigenvalue weighted by Gasteiger charge is -2.28. The molecule has 0 radical (unpaired) electrons. The van der Waals surface area contributed by atoms with Gasteiger partial charge in [0.1, 0.15) is 16.5 Å². The molecule has 0 bridgehead atoms. The molecule has 1 atom stereocenters. The van der Waals surface area contributed by atoms with Crippen molar-refractivity contribution in [3.63, 3.8) is 0 Å². The third-order valence-corrected chi connectivity index (χ3v) is 7.03. The Labute approximate surface area is 207 Å². The van der Waals surface area contributed by atoms with Crippen LogP contribution in [0, 0.1) is 5.82 Å². The van der Waals surface area contributed by atoms with Crippen LogP contribution in [0.2, 0.25) is 0 Å². The minimum absolute atomic E-state index is 0.109. The molecule has 1 amide bonds. The van der Waals surface area contributed by atoms with Gasteiger partial charge in [0.15, 0.2) is 0 Å². The summed E-state index contributed by atoms with van der Waals surface area (Å²) in [6, 6.07) is 21.9. The number of fused-ring (bicyclic) bond motifs is 1. The number of halogens is 1. The van der Waals surface area contributed by atoms with Crippen LogP contribution in [0.15, 0.2) is 77.8 Å². The van der Waals surface area contributed by atoms with E-state index in [1.165, 1.54) is 23.9 Å². The normalized spacial score (nSPS) is 14.6. The van der Waals surface area contributed by atoms with Crippen LogP contribution >= 0.6 is 11.8 Å². The second-order valence-electron chi connectivity index (χ2n) is 8.30. The largest absolute Gasteiger partial charge is 0.378 e. The fraction of sp³-hybridized carbons (Fsp3) is 0.222.